The van der Waals surface area contributed by atoms with Crippen molar-refractivity contribution in [1.29, 1.82) is 0 Å². The van der Waals surface area contributed by atoms with E-state index in [4.69, 9.17) is 0 Å². The van der Waals surface area contributed by atoms with Crippen molar-refractivity contribution in [3.63, 3.8) is 0 Å². The molecule has 4 bridgehead atoms. The molecule has 4 rings (SSSR count). The van der Waals surface area contributed by atoms with Crippen LogP contribution >= 0.6 is 0 Å². The molecule has 0 aliphatic heterocycles. The van der Waals surface area contributed by atoms with Crippen molar-refractivity contribution in [2.45, 2.75) is 64.8 Å². The Labute approximate surface area is 156 Å². The van der Waals surface area contributed by atoms with Crippen molar-refractivity contribution >= 4 is 17.7 Å². The standard InChI is InChI=1S/C20H33N3O3/c1-13(2)22-18(25)12-23(3)19(26)11-21-17(24)10-20-7-14-4-15(8-20)6-16(5-14)9-20/h13-16H,4-12H2,1-3H3,(H,21,24)(H,22,25). The van der Waals surface area contributed by atoms with E-state index in [9.17, 15) is 14.4 Å². The normalized spacial score (nSPS) is 31.8. The first-order valence-corrected chi connectivity index (χ1v) is 10.0. The second-order valence-corrected chi connectivity index (χ2v) is 9.34. The van der Waals surface area contributed by atoms with E-state index in [0.717, 1.165) is 17.8 Å². The molecule has 4 aliphatic carbocycles. The van der Waals surface area contributed by atoms with Crippen LogP contribution in [0.15, 0.2) is 0 Å². The largest absolute Gasteiger partial charge is 0.352 e. The van der Waals surface area contributed by atoms with Gasteiger partial charge >= 0.3 is 0 Å². The Kier molecular flexibility index (Phi) is 5.58. The topological polar surface area (TPSA) is 78.5 Å². The molecular formula is C20H33N3O3. The Morgan fingerprint density at radius 2 is 1.54 bits per heavy atom. The van der Waals surface area contributed by atoms with E-state index in [-0.39, 0.29) is 42.3 Å². The molecule has 6 heteroatoms. The SMILES string of the molecule is CC(C)NC(=O)CN(C)C(=O)CNC(=O)CC12CC3CC(CC(C3)C1)C2. The van der Waals surface area contributed by atoms with Gasteiger partial charge in [-0.25, -0.2) is 0 Å². The molecule has 0 heterocycles. The van der Waals surface area contributed by atoms with Crippen LogP contribution in [0.3, 0.4) is 0 Å². The molecular weight excluding hydrogens is 330 g/mol. The van der Waals surface area contributed by atoms with Gasteiger partial charge in [0.2, 0.25) is 17.7 Å². The van der Waals surface area contributed by atoms with Gasteiger partial charge in [0.25, 0.3) is 0 Å². The quantitative estimate of drug-likeness (QED) is 0.722. The van der Waals surface area contributed by atoms with Gasteiger partial charge in [0.1, 0.15) is 0 Å². The third kappa shape index (κ3) is 4.57. The van der Waals surface area contributed by atoms with Gasteiger partial charge in [-0.1, -0.05) is 0 Å². The molecule has 0 atom stereocenters. The van der Waals surface area contributed by atoms with E-state index in [2.05, 4.69) is 10.6 Å². The fourth-order valence-electron chi connectivity index (χ4n) is 5.89. The van der Waals surface area contributed by atoms with Gasteiger partial charge in [-0.2, -0.15) is 0 Å². The summed E-state index contributed by atoms with van der Waals surface area (Å²) in [5.41, 5.74) is 0.185. The zero-order chi connectivity index (χ0) is 18.9. The summed E-state index contributed by atoms with van der Waals surface area (Å²) in [5, 5.41) is 5.55. The first-order chi connectivity index (χ1) is 12.2. The molecule has 0 aromatic heterocycles. The Bertz CT molecular complexity index is 537. The van der Waals surface area contributed by atoms with Crippen molar-refractivity contribution in [1.82, 2.24) is 15.5 Å². The predicted molar refractivity (Wildman–Crippen MR) is 99.1 cm³/mol. The molecule has 4 saturated carbocycles. The Hall–Kier alpha value is -1.59. The molecule has 146 valence electrons. The van der Waals surface area contributed by atoms with E-state index in [1.165, 1.54) is 43.4 Å². The molecule has 2 N–H and O–H groups in total. The van der Waals surface area contributed by atoms with E-state index >= 15 is 0 Å². The van der Waals surface area contributed by atoms with Crippen LogP contribution in [0.4, 0.5) is 0 Å². The van der Waals surface area contributed by atoms with Gasteiger partial charge in [0, 0.05) is 19.5 Å². The Morgan fingerprint density at radius 3 is 2.04 bits per heavy atom. The minimum absolute atomic E-state index is 0.0136. The third-order valence-electron chi connectivity index (χ3n) is 6.39. The highest BCUT2D eigenvalue weighted by Gasteiger charge is 2.51. The monoisotopic (exact) mass is 363 g/mol. The minimum atomic E-state index is -0.234. The summed E-state index contributed by atoms with van der Waals surface area (Å²) >= 11 is 0. The van der Waals surface area contributed by atoms with Crippen LogP contribution in [0.5, 0.6) is 0 Å². The number of nitrogens with zero attached hydrogens (tertiary/aromatic N) is 1. The minimum Gasteiger partial charge on any atom is -0.352 e. The lowest BCUT2D eigenvalue weighted by molar-refractivity contribution is -0.136. The van der Waals surface area contributed by atoms with Crippen molar-refractivity contribution in [3.8, 4) is 0 Å². The van der Waals surface area contributed by atoms with Crippen molar-refractivity contribution in [3.05, 3.63) is 0 Å². The van der Waals surface area contributed by atoms with Crippen molar-refractivity contribution < 1.29 is 14.4 Å². The molecule has 26 heavy (non-hydrogen) atoms. The first-order valence-electron chi connectivity index (χ1n) is 10.0. The van der Waals surface area contributed by atoms with E-state index < -0.39 is 0 Å². The highest BCUT2D eigenvalue weighted by atomic mass is 16.2. The van der Waals surface area contributed by atoms with Crippen molar-refractivity contribution in [2.24, 2.45) is 23.2 Å². The molecule has 6 nitrogen and oxygen atoms in total. The number of amides is 3. The van der Waals surface area contributed by atoms with Crippen molar-refractivity contribution in [2.75, 3.05) is 20.1 Å². The maximum atomic E-state index is 12.5. The van der Waals surface area contributed by atoms with Gasteiger partial charge < -0.3 is 15.5 Å². The summed E-state index contributed by atoms with van der Waals surface area (Å²) in [5.74, 6) is 2.03. The fourth-order valence-corrected chi connectivity index (χ4v) is 5.89. The summed E-state index contributed by atoms with van der Waals surface area (Å²) in [6.07, 6.45) is 8.22. The summed E-state index contributed by atoms with van der Waals surface area (Å²) in [6.45, 7) is 3.74. The van der Waals surface area contributed by atoms with Crippen LogP contribution in [0.2, 0.25) is 0 Å². The molecule has 0 unspecified atom stereocenters. The number of carbonyl (C=O) groups is 3. The smallest absolute Gasteiger partial charge is 0.242 e. The maximum absolute atomic E-state index is 12.5. The van der Waals surface area contributed by atoms with Gasteiger partial charge in [-0.3, -0.25) is 14.4 Å². The molecule has 3 amide bonds. The lowest BCUT2D eigenvalue weighted by Crippen LogP contribution is -2.49. The number of hydrogen-bond acceptors (Lipinski definition) is 3. The zero-order valence-electron chi connectivity index (χ0n) is 16.3. The Balaban J connectivity index is 1.43. The van der Waals surface area contributed by atoms with Gasteiger partial charge in [0.05, 0.1) is 13.1 Å². The molecule has 0 aromatic rings. The molecule has 4 aliphatic rings. The second-order valence-electron chi connectivity index (χ2n) is 9.34. The summed E-state index contributed by atoms with van der Waals surface area (Å²) in [7, 11) is 1.59. The van der Waals surface area contributed by atoms with Gasteiger partial charge in [-0.15, -0.1) is 0 Å². The number of likely N-dealkylation sites (N-methyl/N-ethyl adjacent to an activating group) is 1. The molecule has 0 spiro atoms. The van der Waals surface area contributed by atoms with Crippen LogP contribution in [0.25, 0.3) is 0 Å². The summed E-state index contributed by atoms with van der Waals surface area (Å²) < 4.78 is 0. The number of nitrogens with one attached hydrogen (secondary N) is 2. The highest BCUT2D eigenvalue weighted by molar-refractivity contribution is 5.88. The van der Waals surface area contributed by atoms with Crippen LogP contribution in [0, 0.1) is 23.2 Å². The number of rotatable bonds is 7. The number of carbonyl (C=O) groups excluding carboxylic acids is 3. The fraction of sp³-hybridized carbons (Fsp3) is 0.850. The average molecular weight is 364 g/mol. The molecule has 0 radical (unpaired) electrons. The summed E-state index contributed by atoms with van der Waals surface area (Å²) in [6, 6.07) is 0.0472. The molecule has 0 aromatic carbocycles. The van der Waals surface area contributed by atoms with Gasteiger partial charge in [-0.05, 0) is 75.5 Å². The summed E-state index contributed by atoms with van der Waals surface area (Å²) in [4.78, 5) is 37.7. The third-order valence-corrected chi connectivity index (χ3v) is 6.39. The molecule has 4 fully saturated rings. The van der Waals surface area contributed by atoms with E-state index in [0.29, 0.717) is 6.42 Å². The van der Waals surface area contributed by atoms with Crippen LogP contribution in [-0.2, 0) is 14.4 Å². The van der Waals surface area contributed by atoms with E-state index in [1.54, 1.807) is 7.05 Å². The second kappa shape index (κ2) is 7.57. The van der Waals surface area contributed by atoms with E-state index in [1.807, 2.05) is 13.8 Å². The lowest BCUT2D eigenvalue weighted by Gasteiger charge is -2.56. The highest BCUT2D eigenvalue weighted by Crippen LogP contribution is 2.61. The predicted octanol–water partition coefficient (Wildman–Crippen LogP) is 1.69. The first kappa shape index (κ1) is 19.2. The zero-order valence-corrected chi connectivity index (χ0v) is 16.3. The van der Waals surface area contributed by atoms with Crippen LogP contribution < -0.4 is 10.6 Å². The molecule has 0 saturated heterocycles. The average Bonchev–Trinajstić information content (AvgIpc) is 2.49. The Morgan fingerprint density at radius 1 is 1.00 bits per heavy atom. The van der Waals surface area contributed by atoms with Gasteiger partial charge in [0.15, 0.2) is 0 Å². The maximum Gasteiger partial charge on any atom is 0.242 e. The number of hydrogen-bond donors (Lipinski definition) is 2. The lowest BCUT2D eigenvalue weighted by atomic mass is 9.49. The van der Waals surface area contributed by atoms with Crippen LogP contribution in [0.1, 0.15) is 58.8 Å². The van der Waals surface area contributed by atoms with Crippen LogP contribution in [-0.4, -0.2) is 48.8 Å².